The predicted molar refractivity (Wildman–Crippen MR) is 67.6 cm³/mol. The third-order valence-corrected chi connectivity index (χ3v) is 3.90. The van der Waals surface area contributed by atoms with Gasteiger partial charge in [0.25, 0.3) is 11.1 Å². The van der Waals surface area contributed by atoms with Crippen LogP contribution < -0.4 is 0 Å². The molecule has 18 heavy (non-hydrogen) atoms. The summed E-state index contributed by atoms with van der Waals surface area (Å²) in [5, 5.41) is 9.11. The van der Waals surface area contributed by atoms with E-state index in [0.29, 0.717) is 11.1 Å². The molecule has 0 aliphatic heterocycles. The summed E-state index contributed by atoms with van der Waals surface area (Å²) in [6.07, 6.45) is 0. The maximum Gasteiger partial charge on any atom is 0.316 e. The topological polar surface area (TPSA) is 78.1 Å². The van der Waals surface area contributed by atoms with Crippen LogP contribution in [0.2, 0.25) is 0 Å². The number of thioether (sulfide) groups is 1. The highest BCUT2D eigenvalue weighted by atomic mass is 32.2. The number of aryl methyl sites for hydroxylation is 2. The minimum absolute atomic E-state index is 0.152. The molecule has 6 nitrogen and oxygen atoms in total. The van der Waals surface area contributed by atoms with Gasteiger partial charge in [-0.15, -0.1) is 21.5 Å². The molecule has 0 amide bonds. The van der Waals surface area contributed by atoms with E-state index in [1.807, 2.05) is 13.8 Å². The molecule has 0 saturated heterocycles. The molecule has 0 aromatic carbocycles. The SMILES string of the molecule is COC(=O)CSc1nnc(-c2sc(C)nc2C)o1. The first-order chi connectivity index (χ1) is 8.60. The lowest BCUT2D eigenvalue weighted by molar-refractivity contribution is -0.137. The molecule has 2 rings (SSSR count). The number of carbonyl (C=O) groups excluding carboxylic acids is 1. The third kappa shape index (κ3) is 2.88. The second-order valence-corrected chi connectivity index (χ2v) is 5.52. The van der Waals surface area contributed by atoms with Crippen LogP contribution in [0.5, 0.6) is 0 Å². The Hall–Kier alpha value is -1.41. The molecule has 0 spiro atoms. The van der Waals surface area contributed by atoms with Crippen molar-refractivity contribution in [3.8, 4) is 10.8 Å². The first-order valence-corrected chi connectivity index (χ1v) is 6.88. The van der Waals surface area contributed by atoms with E-state index < -0.39 is 0 Å². The molecule has 0 atom stereocenters. The fourth-order valence-electron chi connectivity index (χ4n) is 1.27. The molecule has 0 aliphatic rings. The quantitative estimate of drug-likeness (QED) is 0.628. The Bertz CT molecular complexity index is 564. The van der Waals surface area contributed by atoms with Crippen LogP contribution in [-0.2, 0) is 9.53 Å². The monoisotopic (exact) mass is 285 g/mol. The number of ether oxygens (including phenoxy) is 1. The molecule has 0 fully saturated rings. The van der Waals surface area contributed by atoms with Crippen LogP contribution >= 0.6 is 23.1 Å². The molecule has 0 saturated carbocycles. The molecular formula is C10H11N3O3S2. The second kappa shape index (κ2) is 5.49. The average Bonchev–Trinajstić information content (AvgIpc) is 2.92. The molecule has 0 aliphatic carbocycles. The van der Waals surface area contributed by atoms with Gasteiger partial charge < -0.3 is 9.15 Å². The van der Waals surface area contributed by atoms with Crippen molar-refractivity contribution in [2.45, 2.75) is 19.1 Å². The molecule has 96 valence electrons. The summed E-state index contributed by atoms with van der Waals surface area (Å²) in [4.78, 5) is 16.1. The van der Waals surface area contributed by atoms with Crippen LogP contribution in [0, 0.1) is 13.8 Å². The van der Waals surface area contributed by atoms with E-state index in [1.165, 1.54) is 18.4 Å². The van der Waals surface area contributed by atoms with Crippen molar-refractivity contribution in [1.82, 2.24) is 15.2 Å². The van der Waals surface area contributed by atoms with Crippen molar-refractivity contribution in [2.24, 2.45) is 0 Å². The molecule has 0 bridgehead atoms. The summed E-state index contributed by atoms with van der Waals surface area (Å²) in [6.45, 7) is 3.81. The zero-order chi connectivity index (χ0) is 13.1. The zero-order valence-electron chi connectivity index (χ0n) is 10.1. The maximum absolute atomic E-state index is 11.0. The van der Waals surface area contributed by atoms with Crippen LogP contribution in [-0.4, -0.2) is 34.0 Å². The van der Waals surface area contributed by atoms with E-state index in [-0.39, 0.29) is 11.7 Å². The molecule has 0 radical (unpaired) electrons. The molecule has 0 N–H and O–H groups in total. The zero-order valence-corrected chi connectivity index (χ0v) is 11.7. The highest BCUT2D eigenvalue weighted by Crippen LogP contribution is 2.30. The number of rotatable bonds is 4. The van der Waals surface area contributed by atoms with Crippen molar-refractivity contribution < 1.29 is 13.9 Å². The number of nitrogens with zero attached hydrogens (tertiary/aromatic N) is 3. The Kier molecular flexibility index (Phi) is 3.97. The maximum atomic E-state index is 11.0. The third-order valence-electron chi connectivity index (χ3n) is 2.05. The molecule has 2 aromatic rings. The van der Waals surface area contributed by atoms with E-state index >= 15 is 0 Å². The van der Waals surface area contributed by atoms with Crippen molar-refractivity contribution in [1.29, 1.82) is 0 Å². The van der Waals surface area contributed by atoms with E-state index in [9.17, 15) is 4.79 Å². The largest absolute Gasteiger partial charge is 0.468 e. The number of thiazole rings is 1. The summed E-state index contributed by atoms with van der Waals surface area (Å²) < 4.78 is 9.99. The van der Waals surface area contributed by atoms with Crippen molar-refractivity contribution in [2.75, 3.05) is 12.9 Å². The lowest BCUT2D eigenvalue weighted by Crippen LogP contribution is -2.02. The van der Waals surface area contributed by atoms with Crippen LogP contribution in [0.1, 0.15) is 10.7 Å². The molecule has 2 heterocycles. The molecule has 0 unspecified atom stereocenters. The lowest BCUT2D eigenvalue weighted by atomic mass is 10.4. The van der Waals surface area contributed by atoms with Gasteiger partial charge in [-0.3, -0.25) is 4.79 Å². The number of methoxy groups -OCH3 is 1. The summed E-state index contributed by atoms with van der Waals surface area (Å²) in [6, 6.07) is 0. The van der Waals surface area contributed by atoms with Gasteiger partial charge in [-0.05, 0) is 13.8 Å². The van der Waals surface area contributed by atoms with Gasteiger partial charge in [-0.2, -0.15) is 0 Å². The second-order valence-electron chi connectivity index (χ2n) is 3.39. The van der Waals surface area contributed by atoms with Crippen molar-refractivity contribution in [3.05, 3.63) is 10.7 Å². The Morgan fingerprint density at radius 3 is 2.83 bits per heavy atom. The summed E-state index contributed by atoms with van der Waals surface area (Å²) in [5.74, 6) is 0.258. The lowest BCUT2D eigenvalue weighted by Gasteiger charge is -1.94. The van der Waals surface area contributed by atoms with Gasteiger partial charge in [0.2, 0.25) is 0 Å². The van der Waals surface area contributed by atoms with Gasteiger partial charge in [0.15, 0.2) is 0 Å². The normalized spacial score (nSPS) is 10.6. The summed E-state index contributed by atoms with van der Waals surface area (Å²) in [5.41, 5.74) is 0.866. The minimum Gasteiger partial charge on any atom is -0.468 e. The van der Waals surface area contributed by atoms with E-state index in [2.05, 4.69) is 19.9 Å². The van der Waals surface area contributed by atoms with E-state index in [0.717, 1.165) is 27.3 Å². The molecular weight excluding hydrogens is 274 g/mol. The number of aromatic nitrogens is 3. The Labute approximate surface area is 112 Å². The number of esters is 1. The predicted octanol–water partition coefficient (Wildman–Crippen LogP) is 2.08. The number of hydrogen-bond acceptors (Lipinski definition) is 8. The number of carbonyl (C=O) groups is 1. The highest BCUT2D eigenvalue weighted by Gasteiger charge is 2.15. The Balaban J connectivity index is 2.11. The van der Waals surface area contributed by atoms with Gasteiger partial charge in [-0.25, -0.2) is 4.98 Å². The number of hydrogen-bond donors (Lipinski definition) is 0. The molecule has 2 aromatic heterocycles. The van der Waals surface area contributed by atoms with Gasteiger partial charge in [-0.1, -0.05) is 11.8 Å². The summed E-state index contributed by atoms with van der Waals surface area (Å²) >= 11 is 2.65. The fraction of sp³-hybridized carbons (Fsp3) is 0.400. The van der Waals surface area contributed by atoms with Crippen LogP contribution in [0.15, 0.2) is 9.64 Å². The van der Waals surface area contributed by atoms with Crippen molar-refractivity contribution >= 4 is 29.1 Å². The van der Waals surface area contributed by atoms with E-state index in [4.69, 9.17) is 4.42 Å². The average molecular weight is 285 g/mol. The first kappa shape index (κ1) is 13.0. The van der Waals surface area contributed by atoms with Gasteiger partial charge in [0.1, 0.15) is 10.6 Å². The minimum atomic E-state index is -0.329. The van der Waals surface area contributed by atoms with Crippen LogP contribution in [0.3, 0.4) is 0 Å². The van der Waals surface area contributed by atoms with Crippen LogP contribution in [0.4, 0.5) is 0 Å². The van der Waals surface area contributed by atoms with Crippen LogP contribution in [0.25, 0.3) is 10.8 Å². The van der Waals surface area contributed by atoms with Gasteiger partial charge in [0, 0.05) is 0 Å². The van der Waals surface area contributed by atoms with E-state index in [1.54, 1.807) is 0 Å². The van der Waals surface area contributed by atoms with Gasteiger partial charge >= 0.3 is 5.97 Å². The molecule has 8 heteroatoms. The smallest absolute Gasteiger partial charge is 0.316 e. The summed E-state index contributed by atoms with van der Waals surface area (Å²) in [7, 11) is 1.34. The van der Waals surface area contributed by atoms with Crippen molar-refractivity contribution in [3.63, 3.8) is 0 Å². The Morgan fingerprint density at radius 2 is 2.22 bits per heavy atom. The first-order valence-electron chi connectivity index (χ1n) is 5.07. The van der Waals surface area contributed by atoms with Gasteiger partial charge in [0.05, 0.1) is 17.8 Å². The Morgan fingerprint density at radius 1 is 1.44 bits per heavy atom. The standard InChI is InChI=1S/C10H11N3O3S2/c1-5-8(18-6(2)11-5)9-12-13-10(16-9)17-4-7(14)15-3/h4H2,1-3H3. The fourth-order valence-corrected chi connectivity index (χ4v) is 2.71. The highest BCUT2D eigenvalue weighted by molar-refractivity contribution is 7.99.